The van der Waals surface area contributed by atoms with Crippen molar-refractivity contribution >= 4 is 11.9 Å². The summed E-state index contributed by atoms with van der Waals surface area (Å²) < 4.78 is 6.64. The van der Waals surface area contributed by atoms with Crippen molar-refractivity contribution in [1.29, 1.82) is 0 Å². The molecule has 1 aliphatic carbocycles. The predicted molar refractivity (Wildman–Crippen MR) is 83.1 cm³/mol. The lowest BCUT2D eigenvalue weighted by Gasteiger charge is -2.17. The quantitative estimate of drug-likeness (QED) is 0.776. The van der Waals surface area contributed by atoms with Crippen LogP contribution in [0.5, 0.6) is 0 Å². The van der Waals surface area contributed by atoms with Crippen molar-refractivity contribution in [1.82, 2.24) is 19.7 Å². The van der Waals surface area contributed by atoms with Gasteiger partial charge in [0, 0.05) is 37.2 Å². The van der Waals surface area contributed by atoms with Gasteiger partial charge in [0.1, 0.15) is 5.69 Å². The van der Waals surface area contributed by atoms with Gasteiger partial charge in [0.05, 0.1) is 13.2 Å². The first-order chi connectivity index (χ1) is 11.2. The van der Waals surface area contributed by atoms with Crippen LogP contribution in [0.4, 0.5) is 5.95 Å². The van der Waals surface area contributed by atoms with E-state index in [1.54, 1.807) is 23.9 Å². The van der Waals surface area contributed by atoms with Crippen molar-refractivity contribution < 1.29 is 9.53 Å². The lowest BCUT2D eigenvalue weighted by atomic mass is 10.3. The van der Waals surface area contributed by atoms with Crippen molar-refractivity contribution in [2.75, 3.05) is 24.6 Å². The Morgan fingerprint density at radius 3 is 2.74 bits per heavy atom. The Labute approximate surface area is 134 Å². The van der Waals surface area contributed by atoms with Gasteiger partial charge in [-0.05, 0) is 31.2 Å². The number of hydrogen-bond acceptors (Lipinski definition) is 6. The molecule has 1 aliphatic heterocycles. The number of nitrogens with zero attached hydrogens (tertiary/aromatic N) is 5. The number of fused-ring (bicyclic) bond motifs is 1. The second-order valence-electron chi connectivity index (χ2n) is 6.15. The van der Waals surface area contributed by atoms with Gasteiger partial charge < -0.3 is 9.64 Å². The Morgan fingerprint density at radius 1 is 1.30 bits per heavy atom. The molecule has 0 radical (unpaired) electrons. The van der Waals surface area contributed by atoms with Gasteiger partial charge in [-0.2, -0.15) is 5.10 Å². The van der Waals surface area contributed by atoms with E-state index in [1.165, 1.54) is 6.42 Å². The highest BCUT2D eigenvalue weighted by Crippen LogP contribution is 2.45. The molecule has 0 amide bonds. The molecule has 2 unspecified atom stereocenters. The van der Waals surface area contributed by atoms with Gasteiger partial charge in [0.25, 0.3) is 0 Å². The molecule has 2 fully saturated rings. The topological polar surface area (TPSA) is 73.1 Å². The molecular weight excluding hydrogens is 294 g/mol. The van der Waals surface area contributed by atoms with Gasteiger partial charge in [0.15, 0.2) is 0 Å². The van der Waals surface area contributed by atoms with Crippen LogP contribution in [0.25, 0.3) is 0 Å². The molecule has 2 aliphatic rings. The minimum atomic E-state index is -0.362. The summed E-state index contributed by atoms with van der Waals surface area (Å²) in [5.41, 5.74) is 1.35. The minimum Gasteiger partial charge on any atom is -0.461 e. The van der Waals surface area contributed by atoms with Crippen LogP contribution < -0.4 is 4.90 Å². The maximum atomic E-state index is 11.9. The van der Waals surface area contributed by atoms with Crippen molar-refractivity contribution in [3.05, 3.63) is 35.9 Å². The zero-order chi connectivity index (χ0) is 15.8. The fourth-order valence-corrected chi connectivity index (χ4v) is 3.16. The Morgan fingerprint density at radius 2 is 2.04 bits per heavy atom. The first kappa shape index (κ1) is 14.2. The van der Waals surface area contributed by atoms with Gasteiger partial charge in [-0.3, -0.25) is 4.68 Å². The third kappa shape index (κ3) is 2.78. The van der Waals surface area contributed by atoms with Crippen LogP contribution in [-0.2, 0) is 11.3 Å². The molecule has 0 N–H and O–H groups in total. The van der Waals surface area contributed by atoms with E-state index >= 15 is 0 Å². The van der Waals surface area contributed by atoms with Crippen LogP contribution in [0.2, 0.25) is 0 Å². The SMILES string of the molecule is CCOC(=O)c1ccnn1Cc1cnc(N2CC3CC3C2)nc1. The number of piperidine rings is 1. The second kappa shape index (κ2) is 5.64. The average molecular weight is 313 g/mol. The average Bonchev–Trinajstić information content (AvgIpc) is 2.97. The van der Waals surface area contributed by atoms with Gasteiger partial charge >= 0.3 is 5.97 Å². The lowest BCUT2D eigenvalue weighted by molar-refractivity contribution is 0.0512. The van der Waals surface area contributed by atoms with E-state index in [9.17, 15) is 4.79 Å². The van der Waals surface area contributed by atoms with Gasteiger partial charge in [-0.15, -0.1) is 0 Å². The Kier molecular flexibility index (Phi) is 3.48. The largest absolute Gasteiger partial charge is 0.461 e. The van der Waals surface area contributed by atoms with Gasteiger partial charge in [-0.25, -0.2) is 14.8 Å². The molecule has 2 atom stereocenters. The minimum absolute atomic E-state index is 0.347. The van der Waals surface area contributed by atoms with E-state index in [-0.39, 0.29) is 5.97 Å². The summed E-state index contributed by atoms with van der Waals surface area (Å²) >= 11 is 0. The Bertz CT molecular complexity index is 702. The highest BCUT2D eigenvalue weighted by atomic mass is 16.5. The number of carbonyl (C=O) groups excluding carboxylic acids is 1. The number of carbonyl (C=O) groups is 1. The summed E-state index contributed by atoms with van der Waals surface area (Å²) in [7, 11) is 0. The number of rotatable bonds is 5. The summed E-state index contributed by atoms with van der Waals surface area (Å²) in [6.07, 6.45) is 6.58. The Balaban J connectivity index is 1.45. The molecular formula is C16H19N5O2. The number of hydrogen-bond donors (Lipinski definition) is 0. The van der Waals surface area contributed by atoms with E-state index in [0.29, 0.717) is 18.8 Å². The summed E-state index contributed by atoms with van der Waals surface area (Å²) in [6.45, 7) is 4.74. The zero-order valence-corrected chi connectivity index (χ0v) is 13.1. The first-order valence-corrected chi connectivity index (χ1v) is 7.99. The van der Waals surface area contributed by atoms with Gasteiger partial charge in [-0.1, -0.05) is 0 Å². The Hall–Kier alpha value is -2.44. The standard InChI is InChI=1S/C16H19N5O2/c1-2-23-15(22)14-3-4-19-21(14)8-11-6-17-16(18-7-11)20-9-12-5-13(12)10-20/h3-4,6-7,12-13H,2,5,8-10H2,1H3. The fourth-order valence-electron chi connectivity index (χ4n) is 3.16. The smallest absolute Gasteiger partial charge is 0.356 e. The van der Waals surface area contributed by atoms with Crippen molar-refractivity contribution in [2.45, 2.75) is 19.9 Å². The molecule has 4 rings (SSSR count). The van der Waals surface area contributed by atoms with Crippen molar-refractivity contribution in [3.8, 4) is 0 Å². The molecule has 0 bridgehead atoms. The number of aromatic nitrogens is 4. The molecule has 23 heavy (non-hydrogen) atoms. The highest BCUT2D eigenvalue weighted by Gasteiger charge is 2.45. The van der Waals surface area contributed by atoms with Crippen LogP contribution >= 0.6 is 0 Å². The number of ether oxygens (including phenoxy) is 1. The third-order valence-electron chi connectivity index (χ3n) is 4.49. The van der Waals surface area contributed by atoms with Crippen LogP contribution in [-0.4, -0.2) is 45.4 Å². The molecule has 1 saturated heterocycles. The number of anilines is 1. The van der Waals surface area contributed by atoms with Crippen LogP contribution in [0, 0.1) is 11.8 Å². The summed E-state index contributed by atoms with van der Waals surface area (Å²) in [4.78, 5) is 23.0. The maximum Gasteiger partial charge on any atom is 0.356 e. The molecule has 1 saturated carbocycles. The first-order valence-electron chi connectivity index (χ1n) is 7.99. The summed E-state index contributed by atoms with van der Waals surface area (Å²) in [5, 5.41) is 4.18. The molecule has 2 aromatic rings. The van der Waals surface area contributed by atoms with E-state index in [0.717, 1.165) is 36.4 Å². The monoisotopic (exact) mass is 313 g/mol. The van der Waals surface area contributed by atoms with Crippen LogP contribution in [0.15, 0.2) is 24.7 Å². The molecule has 0 spiro atoms. The second-order valence-corrected chi connectivity index (χ2v) is 6.15. The molecule has 2 aromatic heterocycles. The maximum absolute atomic E-state index is 11.9. The molecule has 7 nitrogen and oxygen atoms in total. The lowest BCUT2D eigenvalue weighted by Crippen LogP contribution is -2.24. The normalized spacial score (nSPS) is 22.0. The zero-order valence-electron chi connectivity index (χ0n) is 13.1. The molecule has 3 heterocycles. The van der Waals surface area contributed by atoms with Crippen LogP contribution in [0.3, 0.4) is 0 Å². The summed E-state index contributed by atoms with van der Waals surface area (Å²) in [6, 6.07) is 1.66. The highest BCUT2D eigenvalue weighted by molar-refractivity contribution is 5.87. The fraction of sp³-hybridized carbons (Fsp3) is 0.500. The third-order valence-corrected chi connectivity index (χ3v) is 4.49. The molecule has 120 valence electrons. The summed E-state index contributed by atoms with van der Waals surface area (Å²) in [5.74, 6) is 2.15. The molecule has 0 aromatic carbocycles. The number of esters is 1. The van der Waals surface area contributed by atoms with E-state index in [4.69, 9.17) is 4.74 Å². The van der Waals surface area contributed by atoms with Gasteiger partial charge in [0.2, 0.25) is 5.95 Å². The van der Waals surface area contributed by atoms with Crippen molar-refractivity contribution in [3.63, 3.8) is 0 Å². The predicted octanol–water partition coefficient (Wildman–Crippen LogP) is 1.35. The van der Waals surface area contributed by atoms with E-state index in [2.05, 4.69) is 20.0 Å². The van der Waals surface area contributed by atoms with Crippen LogP contribution in [0.1, 0.15) is 29.4 Å². The van der Waals surface area contributed by atoms with Crippen molar-refractivity contribution in [2.24, 2.45) is 11.8 Å². The van der Waals surface area contributed by atoms with E-state index < -0.39 is 0 Å². The van der Waals surface area contributed by atoms with E-state index in [1.807, 2.05) is 12.4 Å². The molecule has 7 heteroatoms.